The van der Waals surface area contributed by atoms with Gasteiger partial charge in [-0.1, -0.05) is 25.5 Å². The van der Waals surface area contributed by atoms with Gasteiger partial charge in [0.2, 0.25) is 5.91 Å². The molecule has 1 saturated heterocycles. The van der Waals surface area contributed by atoms with Gasteiger partial charge in [0.15, 0.2) is 0 Å². The van der Waals surface area contributed by atoms with E-state index in [1.807, 2.05) is 4.90 Å². The zero-order chi connectivity index (χ0) is 20.1. The summed E-state index contributed by atoms with van der Waals surface area (Å²) in [6.07, 6.45) is 9.59. The smallest absolute Gasteiger partial charge is 0.223 e. The van der Waals surface area contributed by atoms with Gasteiger partial charge >= 0.3 is 0 Å². The predicted octanol–water partition coefficient (Wildman–Crippen LogP) is 3.28. The van der Waals surface area contributed by atoms with E-state index in [1.165, 1.54) is 5.57 Å². The normalized spacial score (nSPS) is 25.4. The first-order chi connectivity index (χ1) is 13.5. The van der Waals surface area contributed by atoms with Gasteiger partial charge in [-0.2, -0.15) is 5.26 Å². The molecular weight excluding hydrogens is 350 g/mol. The minimum atomic E-state index is 0.248. The summed E-state index contributed by atoms with van der Waals surface area (Å²) in [7, 11) is 0. The number of nitrogens with zero attached hydrogens (tertiary/aromatic N) is 5. The van der Waals surface area contributed by atoms with Crippen LogP contribution >= 0.6 is 0 Å². The minimum Gasteiger partial charge on any atom is -0.352 e. The van der Waals surface area contributed by atoms with Crippen molar-refractivity contribution in [1.29, 1.82) is 5.26 Å². The number of piperazine rings is 1. The Morgan fingerprint density at radius 3 is 2.64 bits per heavy atom. The highest BCUT2D eigenvalue weighted by Crippen LogP contribution is 2.40. The Labute approximate surface area is 168 Å². The van der Waals surface area contributed by atoms with E-state index >= 15 is 0 Å². The number of hydrogen-bond acceptors (Lipinski definition) is 5. The maximum Gasteiger partial charge on any atom is 0.223 e. The molecule has 150 valence electrons. The van der Waals surface area contributed by atoms with Crippen LogP contribution in [0, 0.1) is 35.0 Å². The number of amides is 1. The summed E-state index contributed by atoms with van der Waals surface area (Å²) in [5.74, 6) is 2.76. The third kappa shape index (κ3) is 4.70. The molecule has 0 radical (unpaired) electrons. The van der Waals surface area contributed by atoms with Crippen molar-refractivity contribution >= 4 is 11.7 Å². The molecule has 3 atom stereocenters. The lowest BCUT2D eigenvalue weighted by molar-refractivity contribution is -0.132. The number of carbonyl (C=O) groups excluding carboxylic acids is 1. The number of rotatable bonds is 5. The summed E-state index contributed by atoms with van der Waals surface area (Å²) in [6, 6.07) is 2.33. The molecule has 0 unspecified atom stereocenters. The molecule has 6 heteroatoms. The van der Waals surface area contributed by atoms with E-state index in [1.54, 1.807) is 18.6 Å². The van der Waals surface area contributed by atoms with Crippen molar-refractivity contribution in [3.05, 3.63) is 30.2 Å². The standard InChI is InChI=1S/C22H31N5O/c1-16(2)20-13-19(17(3)12-18(20)4-5-23)14-22(28)27-10-8-26(9-11-27)21-15-24-6-7-25-21/h6-7,12,15-16,18-20H,4,8-11,13-14H2,1-3H3/t18-,19+,20+/m1/s1. The van der Waals surface area contributed by atoms with E-state index in [2.05, 4.69) is 47.8 Å². The van der Waals surface area contributed by atoms with Crippen molar-refractivity contribution in [2.45, 2.75) is 40.0 Å². The molecule has 0 N–H and O–H groups in total. The van der Waals surface area contributed by atoms with Crippen LogP contribution in [-0.2, 0) is 4.79 Å². The maximum atomic E-state index is 12.9. The predicted molar refractivity (Wildman–Crippen MR) is 109 cm³/mol. The van der Waals surface area contributed by atoms with Gasteiger partial charge in [0.05, 0.1) is 12.3 Å². The van der Waals surface area contributed by atoms with Gasteiger partial charge in [-0.25, -0.2) is 4.98 Å². The highest BCUT2D eigenvalue weighted by molar-refractivity contribution is 5.77. The largest absolute Gasteiger partial charge is 0.352 e. The van der Waals surface area contributed by atoms with Gasteiger partial charge in [0.1, 0.15) is 5.82 Å². The van der Waals surface area contributed by atoms with E-state index in [0.29, 0.717) is 36.5 Å². The highest BCUT2D eigenvalue weighted by Gasteiger charge is 2.33. The van der Waals surface area contributed by atoms with Crippen LogP contribution in [0.2, 0.25) is 0 Å². The van der Waals surface area contributed by atoms with E-state index in [9.17, 15) is 4.79 Å². The van der Waals surface area contributed by atoms with E-state index in [-0.39, 0.29) is 5.91 Å². The van der Waals surface area contributed by atoms with Crippen molar-refractivity contribution in [3.8, 4) is 6.07 Å². The third-order valence-electron chi connectivity index (χ3n) is 6.34. The lowest BCUT2D eigenvalue weighted by atomic mass is 9.69. The fourth-order valence-electron chi connectivity index (χ4n) is 4.59. The van der Waals surface area contributed by atoms with Crippen LogP contribution < -0.4 is 4.90 Å². The molecule has 6 nitrogen and oxygen atoms in total. The SMILES string of the molecule is CC1=C[C@@H](CC#N)[C@H](C(C)C)C[C@H]1CC(=O)N1CCN(c2cnccn2)CC1. The van der Waals surface area contributed by atoms with Crippen molar-refractivity contribution in [3.63, 3.8) is 0 Å². The summed E-state index contributed by atoms with van der Waals surface area (Å²) < 4.78 is 0. The minimum absolute atomic E-state index is 0.248. The molecule has 1 aliphatic carbocycles. The molecule has 2 aliphatic rings. The molecule has 1 aromatic heterocycles. The summed E-state index contributed by atoms with van der Waals surface area (Å²) in [4.78, 5) is 25.6. The number of anilines is 1. The lowest BCUT2D eigenvalue weighted by Crippen LogP contribution is -2.49. The van der Waals surface area contributed by atoms with Crippen LogP contribution in [0.3, 0.4) is 0 Å². The maximum absolute atomic E-state index is 12.9. The Hall–Kier alpha value is -2.42. The van der Waals surface area contributed by atoms with E-state index in [4.69, 9.17) is 5.26 Å². The Balaban J connectivity index is 1.57. The zero-order valence-corrected chi connectivity index (χ0v) is 17.2. The second-order valence-electron chi connectivity index (χ2n) is 8.41. The number of nitriles is 1. The number of allylic oxidation sites excluding steroid dienone is 2. The summed E-state index contributed by atoms with van der Waals surface area (Å²) in [5.41, 5.74) is 1.28. The molecule has 1 amide bonds. The Morgan fingerprint density at radius 2 is 2.04 bits per heavy atom. The van der Waals surface area contributed by atoms with Crippen LogP contribution in [0.15, 0.2) is 30.2 Å². The van der Waals surface area contributed by atoms with Gasteiger partial charge in [0, 0.05) is 51.4 Å². The topological polar surface area (TPSA) is 73.1 Å². The fourth-order valence-corrected chi connectivity index (χ4v) is 4.59. The molecule has 0 bridgehead atoms. The van der Waals surface area contributed by atoms with E-state index < -0.39 is 0 Å². The van der Waals surface area contributed by atoms with Gasteiger partial charge < -0.3 is 9.80 Å². The summed E-state index contributed by atoms with van der Waals surface area (Å²) in [6.45, 7) is 9.64. The molecule has 1 fully saturated rings. The van der Waals surface area contributed by atoms with E-state index in [0.717, 1.165) is 38.4 Å². The number of aromatic nitrogens is 2. The van der Waals surface area contributed by atoms with Crippen LogP contribution in [0.25, 0.3) is 0 Å². The van der Waals surface area contributed by atoms with Crippen LogP contribution in [-0.4, -0.2) is 47.0 Å². The Kier molecular flexibility index (Phi) is 6.66. The van der Waals surface area contributed by atoms with Gasteiger partial charge in [-0.15, -0.1) is 0 Å². The van der Waals surface area contributed by atoms with Gasteiger partial charge in [0.25, 0.3) is 0 Å². The zero-order valence-electron chi connectivity index (χ0n) is 17.2. The van der Waals surface area contributed by atoms with Crippen molar-refractivity contribution in [2.24, 2.45) is 23.7 Å². The number of hydrogen-bond donors (Lipinski definition) is 0. The van der Waals surface area contributed by atoms with Crippen LogP contribution in [0.1, 0.15) is 40.0 Å². The van der Waals surface area contributed by atoms with Crippen LogP contribution in [0.5, 0.6) is 0 Å². The molecule has 0 spiro atoms. The second kappa shape index (κ2) is 9.18. The second-order valence-corrected chi connectivity index (χ2v) is 8.41. The lowest BCUT2D eigenvalue weighted by Gasteiger charge is -2.38. The molecule has 1 aromatic rings. The van der Waals surface area contributed by atoms with Crippen LogP contribution in [0.4, 0.5) is 5.82 Å². The first-order valence-corrected chi connectivity index (χ1v) is 10.3. The fraction of sp³-hybridized carbons (Fsp3) is 0.636. The molecule has 3 rings (SSSR count). The Bertz CT molecular complexity index is 731. The average molecular weight is 382 g/mol. The molecule has 1 aliphatic heterocycles. The van der Waals surface area contributed by atoms with Crippen molar-refractivity contribution < 1.29 is 4.79 Å². The van der Waals surface area contributed by atoms with Crippen molar-refractivity contribution in [1.82, 2.24) is 14.9 Å². The molecule has 0 saturated carbocycles. The molecular formula is C22H31N5O. The summed E-state index contributed by atoms with van der Waals surface area (Å²) in [5, 5.41) is 9.14. The monoisotopic (exact) mass is 381 g/mol. The molecule has 28 heavy (non-hydrogen) atoms. The first-order valence-electron chi connectivity index (χ1n) is 10.3. The summed E-state index contributed by atoms with van der Waals surface area (Å²) >= 11 is 0. The quantitative estimate of drug-likeness (QED) is 0.732. The molecule has 2 heterocycles. The highest BCUT2D eigenvalue weighted by atomic mass is 16.2. The third-order valence-corrected chi connectivity index (χ3v) is 6.34. The van der Waals surface area contributed by atoms with Gasteiger partial charge in [-0.3, -0.25) is 9.78 Å². The molecule has 0 aromatic carbocycles. The number of carbonyl (C=O) groups is 1. The first kappa shape index (κ1) is 20.3. The average Bonchev–Trinajstić information content (AvgIpc) is 2.70. The van der Waals surface area contributed by atoms with Crippen molar-refractivity contribution in [2.75, 3.05) is 31.1 Å². The Morgan fingerprint density at radius 1 is 1.29 bits per heavy atom. The van der Waals surface area contributed by atoms with Gasteiger partial charge in [-0.05, 0) is 37.0 Å².